The lowest BCUT2D eigenvalue weighted by Crippen LogP contribution is -2.57. The Hall–Kier alpha value is -3.44. The van der Waals surface area contributed by atoms with Crippen LogP contribution in [0.25, 0.3) is 0 Å². The predicted octanol–water partition coefficient (Wildman–Crippen LogP) is 4.37. The highest BCUT2D eigenvalue weighted by Crippen LogP contribution is 2.51. The molecule has 2 saturated heterocycles. The highest BCUT2D eigenvalue weighted by Gasteiger charge is 2.53. The van der Waals surface area contributed by atoms with Crippen molar-refractivity contribution in [3.05, 3.63) is 64.2 Å². The number of hydrogen-bond acceptors (Lipinski definition) is 6. The first-order valence-corrected chi connectivity index (χ1v) is 14.3. The van der Waals surface area contributed by atoms with E-state index in [9.17, 15) is 32.7 Å². The molecule has 3 amide bonds. The van der Waals surface area contributed by atoms with Crippen LogP contribution in [0.4, 0.5) is 13.2 Å². The van der Waals surface area contributed by atoms with E-state index in [2.05, 4.69) is 10.2 Å². The van der Waals surface area contributed by atoms with Gasteiger partial charge < -0.3 is 14.7 Å². The molecule has 2 aromatic carbocycles. The van der Waals surface area contributed by atoms with Gasteiger partial charge in [-0.25, -0.2) is 0 Å². The number of hydrogen-bond donors (Lipinski definition) is 2. The lowest BCUT2D eigenvalue weighted by molar-refractivity contribution is -0.148. The Morgan fingerprint density at radius 2 is 1.83 bits per heavy atom. The van der Waals surface area contributed by atoms with Crippen molar-refractivity contribution in [3.8, 4) is 5.75 Å². The van der Waals surface area contributed by atoms with E-state index in [1.807, 2.05) is 19.9 Å². The summed E-state index contributed by atoms with van der Waals surface area (Å²) in [6.45, 7) is 5.73. The summed E-state index contributed by atoms with van der Waals surface area (Å²) in [6.07, 6.45) is -2.35. The number of piperidine rings is 2. The number of benzene rings is 2. The Kier molecular flexibility index (Phi) is 7.86. The molecule has 226 valence electrons. The maximum absolute atomic E-state index is 13.3. The number of rotatable bonds is 7. The average molecular weight is 588 g/mol. The number of nitrogens with one attached hydrogen (secondary N) is 1. The number of imide groups is 1. The van der Waals surface area contributed by atoms with Crippen LogP contribution in [0.15, 0.2) is 36.4 Å². The number of aliphatic hydroxyl groups is 1. The Morgan fingerprint density at radius 1 is 1.10 bits per heavy atom. The number of likely N-dealkylation sites (tertiary alicyclic amines) is 1. The van der Waals surface area contributed by atoms with E-state index in [1.54, 1.807) is 12.1 Å². The minimum atomic E-state index is -4.51. The van der Waals surface area contributed by atoms with Crippen LogP contribution >= 0.6 is 0 Å². The SMILES string of the molecule is CCC1(CC)CN(Cc2ccc(C(F)(F)F)c(OC)c2)CCC1(O)c1ccc2c(c1)CN(C1CCC(=O)NC1=O)C2=O. The molecule has 0 aliphatic carbocycles. The van der Waals surface area contributed by atoms with Crippen molar-refractivity contribution in [3.63, 3.8) is 0 Å². The summed E-state index contributed by atoms with van der Waals surface area (Å²) in [5.74, 6) is -1.30. The summed E-state index contributed by atoms with van der Waals surface area (Å²) in [4.78, 5) is 40.9. The zero-order chi connectivity index (χ0) is 30.4. The third-order valence-corrected chi connectivity index (χ3v) is 9.53. The Balaban J connectivity index is 1.38. The van der Waals surface area contributed by atoms with E-state index in [1.165, 1.54) is 24.1 Å². The molecule has 2 aromatic rings. The summed E-state index contributed by atoms with van der Waals surface area (Å²) >= 11 is 0. The van der Waals surface area contributed by atoms with Crippen molar-refractivity contribution in [2.24, 2.45) is 5.41 Å². The fraction of sp³-hybridized carbons (Fsp3) is 0.516. The molecule has 0 spiro atoms. The Labute approximate surface area is 242 Å². The van der Waals surface area contributed by atoms with Crippen LogP contribution in [0, 0.1) is 5.41 Å². The monoisotopic (exact) mass is 587 g/mol. The first-order valence-electron chi connectivity index (χ1n) is 14.3. The first kappa shape index (κ1) is 30.0. The second-order valence-corrected chi connectivity index (χ2v) is 11.6. The topological polar surface area (TPSA) is 99.2 Å². The predicted molar refractivity (Wildman–Crippen MR) is 147 cm³/mol. The van der Waals surface area contributed by atoms with Crippen LogP contribution in [0.5, 0.6) is 5.75 Å². The molecule has 2 unspecified atom stereocenters. The van der Waals surface area contributed by atoms with Crippen molar-refractivity contribution in [2.45, 2.75) is 76.9 Å². The van der Waals surface area contributed by atoms with Crippen LogP contribution in [-0.4, -0.2) is 58.9 Å². The molecule has 0 radical (unpaired) electrons. The molecule has 2 N–H and O–H groups in total. The van der Waals surface area contributed by atoms with E-state index < -0.39 is 34.7 Å². The molecule has 3 aliphatic rings. The van der Waals surface area contributed by atoms with Gasteiger partial charge in [0.15, 0.2) is 0 Å². The minimum absolute atomic E-state index is 0.173. The molecular formula is C31H36F3N3O5. The molecule has 0 aromatic heterocycles. The quantitative estimate of drug-likeness (QED) is 0.467. The van der Waals surface area contributed by atoms with Gasteiger partial charge in [-0.15, -0.1) is 0 Å². The third kappa shape index (κ3) is 5.06. The summed E-state index contributed by atoms with van der Waals surface area (Å²) in [5, 5.41) is 14.7. The number of methoxy groups -OCH3 is 1. The number of carbonyl (C=O) groups is 3. The van der Waals surface area contributed by atoms with Gasteiger partial charge in [0.1, 0.15) is 11.8 Å². The normalized spacial score (nSPS) is 24.5. The fourth-order valence-corrected chi connectivity index (χ4v) is 7.03. The van der Waals surface area contributed by atoms with Gasteiger partial charge in [-0.05, 0) is 60.6 Å². The molecule has 3 aliphatic heterocycles. The van der Waals surface area contributed by atoms with Gasteiger partial charge >= 0.3 is 6.18 Å². The number of alkyl halides is 3. The second-order valence-electron chi connectivity index (χ2n) is 11.6. The van der Waals surface area contributed by atoms with Crippen molar-refractivity contribution < 1.29 is 37.4 Å². The third-order valence-electron chi connectivity index (χ3n) is 9.53. The van der Waals surface area contributed by atoms with E-state index in [-0.39, 0.29) is 37.0 Å². The second kappa shape index (κ2) is 11.0. The Bertz CT molecular complexity index is 1410. The number of amides is 3. The number of ether oxygens (including phenoxy) is 1. The van der Waals surface area contributed by atoms with E-state index >= 15 is 0 Å². The van der Waals surface area contributed by atoms with Crippen LogP contribution in [0.3, 0.4) is 0 Å². The van der Waals surface area contributed by atoms with Crippen molar-refractivity contribution >= 4 is 17.7 Å². The largest absolute Gasteiger partial charge is 0.496 e. The number of halogens is 3. The molecule has 42 heavy (non-hydrogen) atoms. The summed E-state index contributed by atoms with van der Waals surface area (Å²) in [5.41, 5.74) is 0.0429. The zero-order valence-corrected chi connectivity index (χ0v) is 24.0. The number of nitrogens with zero attached hydrogens (tertiary/aromatic N) is 2. The molecule has 0 saturated carbocycles. The highest BCUT2D eigenvalue weighted by atomic mass is 19.4. The fourth-order valence-electron chi connectivity index (χ4n) is 7.03. The zero-order valence-electron chi connectivity index (χ0n) is 24.0. The molecular weight excluding hydrogens is 551 g/mol. The lowest BCUT2D eigenvalue weighted by atomic mass is 9.61. The maximum Gasteiger partial charge on any atom is 0.419 e. The summed E-state index contributed by atoms with van der Waals surface area (Å²) < 4.78 is 45.1. The smallest absolute Gasteiger partial charge is 0.419 e. The average Bonchev–Trinajstić information content (AvgIpc) is 3.28. The van der Waals surface area contributed by atoms with Gasteiger partial charge in [0.2, 0.25) is 11.8 Å². The highest BCUT2D eigenvalue weighted by molar-refractivity contribution is 6.05. The Morgan fingerprint density at radius 3 is 2.48 bits per heavy atom. The van der Waals surface area contributed by atoms with Gasteiger partial charge in [0.05, 0.1) is 18.3 Å². The molecule has 2 fully saturated rings. The maximum atomic E-state index is 13.3. The van der Waals surface area contributed by atoms with Crippen LogP contribution in [0.2, 0.25) is 0 Å². The van der Waals surface area contributed by atoms with Gasteiger partial charge in [-0.2, -0.15) is 13.2 Å². The first-order chi connectivity index (χ1) is 19.9. The van der Waals surface area contributed by atoms with E-state index in [0.717, 1.165) is 11.6 Å². The standard InChI is InChI=1S/C31H36F3N3O5/c1-4-29(5-2)18-36(16-19-6-9-23(31(32,33)34)25(14-19)42-3)13-12-30(29,41)21-7-8-22-20(15-21)17-37(28(22)40)24-10-11-26(38)35-27(24)39/h6-9,14-15,24,41H,4-5,10-13,16-18H2,1-3H3,(H,35,38,39). The summed E-state index contributed by atoms with van der Waals surface area (Å²) in [6, 6.07) is 8.61. The van der Waals surface area contributed by atoms with Crippen LogP contribution in [0.1, 0.15) is 78.6 Å². The molecule has 8 nitrogen and oxygen atoms in total. The molecule has 5 rings (SSSR count). The van der Waals surface area contributed by atoms with Crippen molar-refractivity contribution in [1.29, 1.82) is 0 Å². The molecule has 2 atom stereocenters. The molecule has 11 heteroatoms. The number of carbonyl (C=O) groups excluding carboxylic acids is 3. The van der Waals surface area contributed by atoms with Crippen molar-refractivity contribution in [2.75, 3.05) is 20.2 Å². The van der Waals surface area contributed by atoms with Crippen LogP contribution in [-0.2, 0) is 34.5 Å². The van der Waals surface area contributed by atoms with Crippen molar-refractivity contribution in [1.82, 2.24) is 15.1 Å². The number of fused-ring (bicyclic) bond motifs is 1. The summed E-state index contributed by atoms with van der Waals surface area (Å²) in [7, 11) is 1.22. The minimum Gasteiger partial charge on any atom is -0.496 e. The molecule has 3 heterocycles. The van der Waals surface area contributed by atoms with E-state index in [0.29, 0.717) is 55.6 Å². The van der Waals surface area contributed by atoms with Gasteiger partial charge in [0, 0.05) is 43.6 Å². The van der Waals surface area contributed by atoms with Gasteiger partial charge in [-0.1, -0.05) is 32.0 Å². The van der Waals surface area contributed by atoms with Gasteiger partial charge in [-0.3, -0.25) is 24.6 Å². The molecule has 0 bridgehead atoms. The van der Waals surface area contributed by atoms with Gasteiger partial charge in [0.25, 0.3) is 5.91 Å². The van der Waals surface area contributed by atoms with Crippen LogP contribution < -0.4 is 10.1 Å². The van der Waals surface area contributed by atoms with E-state index in [4.69, 9.17) is 4.74 Å². The lowest BCUT2D eigenvalue weighted by Gasteiger charge is -2.54.